The molecular weight excluding hydrogens is 855 g/mol. The van der Waals surface area contributed by atoms with Crippen LogP contribution in [0.1, 0.15) is 53.1 Å². The minimum Gasteiger partial charge on any atom is -0.456 e. The zero-order chi connectivity index (χ0) is 44.3. The van der Waals surface area contributed by atoms with Crippen molar-refractivity contribution in [3.8, 4) is 22.5 Å². The number of nitrogens with zero attached hydrogens (tertiary/aromatic N) is 1. The van der Waals surface area contributed by atoms with Gasteiger partial charge in [0.2, 0.25) is 10.0 Å². The van der Waals surface area contributed by atoms with Crippen LogP contribution in [0.3, 0.4) is 0 Å². The molecule has 0 atom stereocenters. The first-order valence-corrected chi connectivity index (χ1v) is 24.2. The number of hydrogen-bond donors (Lipinski definition) is 5. The first-order valence-electron chi connectivity index (χ1n) is 18.4. The molecule has 15 nitrogen and oxygen atoms in total. The van der Waals surface area contributed by atoms with Crippen molar-refractivity contribution in [3.05, 3.63) is 105 Å². The molecule has 0 unspecified atom stereocenters. The van der Waals surface area contributed by atoms with Crippen molar-refractivity contribution in [2.24, 2.45) is 4.99 Å². The van der Waals surface area contributed by atoms with Crippen LogP contribution < -0.4 is 15.4 Å². The quantitative estimate of drug-likeness (QED) is 0.0447. The van der Waals surface area contributed by atoms with E-state index in [1.165, 1.54) is 32.0 Å². The zero-order valence-corrected chi connectivity index (χ0v) is 36.8. The molecule has 4 aromatic carbocycles. The Morgan fingerprint density at radius 3 is 1.88 bits per heavy atom. The fraction of sp³-hybridized carbons (Fsp3) is 0.244. The molecule has 4 aromatic rings. The number of benzene rings is 5. The lowest BCUT2D eigenvalue weighted by Crippen LogP contribution is -2.25. The van der Waals surface area contributed by atoms with Crippen LogP contribution in [0.2, 0.25) is 0 Å². The molecule has 1 heterocycles. The summed E-state index contributed by atoms with van der Waals surface area (Å²) >= 11 is 0. The van der Waals surface area contributed by atoms with Crippen LogP contribution >= 0.6 is 0 Å². The summed E-state index contributed by atoms with van der Waals surface area (Å²) in [5.74, 6) is -0.0271. The van der Waals surface area contributed by atoms with Crippen molar-refractivity contribution < 1.29 is 51.7 Å². The average Bonchev–Trinajstić information content (AvgIpc) is 3.12. The number of aryl methyl sites for hydroxylation is 4. The molecule has 0 fully saturated rings. The number of rotatable bonds is 12. The largest absolute Gasteiger partial charge is 0.456 e. The second kappa shape index (κ2) is 16.1. The van der Waals surface area contributed by atoms with Gasteiger partial charge < -0.3 is 9.73 Å². The van der Waals surface area contributed by atoms with Crippen LogP contribution in [-0.2, 0) is 40.4 Å². The number of fused-ring (bicyclic) bond motifs is 2. The van der Waals surface area contributed by atoms with Gasteiger partial charge in [-0.25, -0.2) is 18.1 Å². The number of anilines is 2. The molecule has 1 aliphatic carbocycles. The first kappa shape index (κ1) is 44.6. The minimum atomic E-state index is -5.09. The van der Waals surface area contributed by atoms with Gasteiger partial charge in [0.1, 0.15) is 26.0 Å². The fourth-order valence-electron chi connectivity index (χ4n) is 7.68. The predicted octanol–water partition coefficient (Wildman–Crippen LogP) is 7.85. The molecule has 0 bridgehead atoms. The maximum atomic E-state index is 13.9. The van der Waals surface area contributed by atoms with Gasteiger partial charge in [-0.2, -0.15) is 25.3 Å². The molecule has 0 saturated heterocycles. The Hall–Kier alpha value is -4.99. The fourth-order valence-corrected chi connectivity index (χ4v) is 11.5. The molecule has 0 saturated carbocycles. The van der Waals surface area contributed by atoms with E-state index in [9.17, 15) is 47.3 Å². The molecule has 1 aliphatic heterocycles. The summed E-state index contributed by atoms with van der Waals surface area (Å²) in [7, 11) is -18.6. The summed E-state index contributed by atoms with van der Waals surface area (Å²) in [6.07, 6.45) is 1.29. The number of nitrogens with one attached hydrogen (secondary N) is 2. The van der Waals surface area contributed by atoms with Gasteiger partial charge in [0.25, 0.3) is 30.4 Å². The van der Waals surface area contributed by atoms with Gasteiger partial charge in [-0.15, -0.1) is 0 Å². The third-order valence-corrected chi connectivity index (χ3v) is 14.8. The predicted molar refractivity (Wildman–Crippen MR) is 228 cm³/mol. The molecular formula is C41H43N3O12S4. The van der Waals surface area contributed by atoms with E-state index in [-0.39, 0.29) is 72.1 Å². The summed E-state index contributed by atoms with van der Waals surface area (Å²) in [6.45, 7) is 11.4. The second-order valence-electron chi connectivity index (χ2n) is 14.6. The van der Waals surface area contributed by atoms with Gasteiger partial charge in [0.15, 0.2) is 0 Å². The number of unbranched alkanes of at least 4 members (excludes halogenated alkanes) is 1. The van der Waals surface area contributed by atoms with Crippen molar-refractivity contribution >= 4 is 68.4 Å². The van der Waals surface area contributed by atoms with E-state index in [1.807, 2.05) is 6.92 Å². The highest BCUT2D eigenvalue weighted by molar-refractivity contribution is 7.89. The van der Waals surface area contributed by atoms with Crippen molar-refractivity contribution in [3.63, 3.8) is 0 Å². The van der Waals surface area contributed by atoms with Gasteiger partial charge in [-0.3, -0.25) is 13.7 Å². The Bertz CT molecular complexity index is 3250. The van der Waals surface area contributed by atoms with E-state index in [0.717, 1.165) is 12.5 Å². The average molecular weight is 898 g/mol. The molecule has 6 rings (SSSR count). The van der Waals surface area contributed by atoms with E-state index >= 15 is 0 Å². The molecule has 2 aliphatic rings. The molecule has 0 aromatic heterocycles. The molecule has 0 amide bonds. The van der Waals surface area contributed by atoms with E-state index < -0.39 is 50.2 Å². The third-order valence-electron chi connectivity index (χ3n) is 10.1. The van der Waals surface area contributed by atoms with E-state index in [2.05, 4.69) is 15.0 Å². The molecule has 0 radical (unpaired) electrons. The standard InChI is InChI=1S/C41H43N3O12S4/c1-8-9-16-42-57(45,46)35-13-11-10-12-30(35)37-29-15-14-28(43-38-22(2)17-24(4)40(26(38)6)59(50,51)52)19-33(29)56-34-21-32(36(20-31(34)37)58(47,48)49)44-39-23(3)18-25(5)41(27(39)7)60(53,54)55/h10-15,17-21,42-43H,8-9,16H2,1-7H3,(H,47,48,49)(H,50,51,52)(H,53,54,55)/b44-32+. The van der Waals surface area contributed by atoms with Crippen LogP contribution in [0.25, 0.3) is 33.4 Å². The Balaban J connectivity index is 1.73. The molecule has 19 heteroatoms. The summed E-state index contributed by atoms with van der Waals surface area (Å²) in [6, 6.07) is 16.3. The Morgan fingerprint density at radius 1 is 0.650 bits per heavy atom. The van der Waals surface area contributed by atoms with Crippen molar-refractivity contribution in [1.82, 2.24) is 4.72 Å². The topological polar surface area (TPSA) is 247 Å². The monoisotopic (exact) mass is 897 g/mol. The Kier molecular flexibility index (Phi) is 12.0. The molecule has 60 heavy (non-hydrogen) atoms. The highest BCUT2D eigenvalue weighted by Crippen LogP contribution is 2.44. The van der Waals surface area contributed by atoms with E-state index in [1.54, 1.807) is 70.2 Å². The van der Waals surface area contributed by atoms with Gasteiger partial charge in [-0.05, 0) is 106 Å². The number of sulfonamides is 1. The van der Waals surface area contributed by atoms with Crippen LogP contribution in [0, 0.1) is 41.5 Å². The third kappa shape index (κ3) is 8.62. The van der Waals surface area contributed by atoms with Gasteiger partial charge in [0.05, 0.1) is 15.9 Å². The second-order valence-corrected chi connectivity index (χ2v) is 20.4. The lowest BCUT2D eigenvalue weighted by atomic mass is 9.93. The lowest BCUT2D eigenvalue weighted by Gasteiger charge is -2.20. The van der Waals surface area contributed by atoms with Crippen LogP contribution in [0.4, 0.5) is 17.1 Å². The normalized spacial score (nSPS) is 13.1. The van der Waals surface area contributed by atoms with Crippen LogP contribution in [0.5, 0.6) is 0 Å². The van der Waals surface area contributed by atoms with Gasteiger partial charge >= 0.3 is 0 Å². The smallest absolute Gasteiger partial charge is 0.296 e. The van der Waals surface area contributed by atoms with Crippen LogP contribution in [0.15, 0.2) is 95.7 Å². The highest BCUT2D eigenvalue weighted by Gasteiger charge is 2.28. The molecule has 5 N–H and O–H groups in total. The molecule has 318 valence electrons. The summed E-state index contributed by atoms with van der Waals surface area (Å²) < 4.78 is 143. The van der Waals surface area contributed by atoms with E-state index in [0.29, 0.717) is 39.9 Å². The summed E-state index contributed by atoms with van der Waals surface area (Å²) in [4.78, 5) is 3.00. The van der Waals surface area contributed by atoms with E-state index in [4.69, 9.17) is 4.42 Å². The summed E-state index contributed by atoms with van der Waals surface area (Å²) in [5.41, 5.74) is 3.24. The highest BCUT2D eigenvalue weighted by atomic mass is 32.2. The van der Waals surface area contributed by atoms with Crippen molar-refractivity contribution in [2.45, 2.75) is 80.9 Å². The minimum absolute atomic E-state index is 0.00679. The van der Waals surface area contributed by atoms with Gasteiger partial charge in [-0.1, -0.05) is 43.7 Å². The van der Waals surface area contributed by atoms with Gasteiger partial charge in [0, 0.05) is 52.1 Å². The Labute approximate surface area is 348 Å². The Morgan fingerprint density at radius 2 is 1.27 bits per heavy atom. The maximum Gasteiger partial charge on any atom is 0.296 e. The molecule has 0 spiro atoms. The van der Waals surface area contributed by atoms with Crippen LogP contribution in [-0.4, -0.2) is 53.9 Å². The first-order chi connectivity index (χ1) is 27.8. The number of hydrogen-bond acceptors (Lipinski definition) is 11. The maximum absolute atomic E-state index is 13.9. The van der Waals surface area contributed by atoms with Crippen molar-refractivity contribution in [2.75, 3.05) is 11.9 Å². The lowest BCUT2D eigenvalue weighted by molar-refractivity contribution is 0.479. The zero-order valence-electron chi connectivity index (χ0n) is 33.6. The SMILES string of the molecule is CCCCNS(=O)(=O)c1ccccc1-c1c2cc(S(=O)(=O)O)/c(=N/c3c(C)cc(C)c(S(=O)(=O)O)c3C)cc-2oc2cc(Nc3c(C)cc(C)c(S(=O)(=O)O)c3C)ccc12. The van der Waals surface area contributed by atoms with Crippen molar-refractivity contribution in [1.29, 1.82) is 0 Å². The summed E-state index contributed by atoms with van der Waals surface area (Å²) in [5, 5.41) is 3.16.